The molecule has 2 saturated heterocycles. The topological polar surface area (TPSA) is 23.5 Å². The Morgan fingerprint density at radius 3 is 3.36 bits per heavy atom. The molecule has 0 aromatic rings. The Balaban J connectivity index is 2.39. The van der Waals surface area contributed by atoms with Crippen LogP contribution in [0.15, 0.2) is 0 Å². The summed E-state index contributed by atoms with van der Waals surface area (Å²) in [5.74, 6) is 0. The summed E-state index contributed by atoms with van der Waals surface area (Å²) in [7, 11) is 0. The number of rotatable bonds is 1. The monoisotopic (exact) mass is 163 g/mol. The molecular weight excluding hydrogens is 145 g/mol. The zero-order valence-corrected chi connectivity index (χ0v) is 6.18. The first kappa shape index (κ1) is 4.19. The zero-order valence-electron chi connectivity index (χ0n) is 10.2. The van der Waals surface area contributed by atoms with Crippen molar-refractivity contribution in [1.82, 2.24) is 4.90 Å². The summed E-state index contributed by atoms with van der Waals surface area (Å²) in [6, 6.07) is 0. The molecule has 0 unspecified atom stereocenters. The van der Waals surface area contributed by atoms with Crippen molar-refractivity contribution in [3.05, 3.63) is 0 Å². The molecule has 0 spiro atoms. The van der Waals surface area contributed by atoms with Crippen LogP contribution >= 0.6 is 0 Å². The summed E-state index contributed by atoms with van der Waals surface area (Å²) in [5.41, 5.74) is -1.38. The van der Waals surface area contributed by atoms with Crippen molar-refractivity contribution in [2.24, 2.45) is 0 Å². The minimum Gasteiger partial charge on any atom is -0.394 e. The lowest BCUT2D eigenvalue weighted by molar-refractivity contribution is 0.0996. The molecule has 0 aromatic heterocycles. The van der Waals surface area contributed by atoms with Gasteiger partial charge in [-0.2, -0.15) is 0 Å². The van der Waals surface area contributed by atoms with Crippen molar-refractivity contribution in [1.29, 1.82) is 0 Å². The Morgan fingerprint density at radius 1 is 1.91 bits per heavy atom. The number of hydrogen-bond donors (Lipinski definition) is 1. The van der Waals surface area contributed by atoms with E-state index in [1.807, 2.05) is 0 Å². The summed E-state index contributed by atoms with van der Waals surface area (Å²) in [5, 5.41) is 9.49. The second-order valence-electron chi connectivity index (χ2n) is 3.21. The van der Waals surface area contributed by atoms with Gasteiger partial charge in [-0.1, -0.05) is 0 Å². The largest absolute Gasteiger partial charge is 0.394 e. The lowest BCUT2D eigenvalue weighted by atomic mass is 9.95. The van der Waals surface area contributed by atoms with Gasteiger partial charge in [0.15, 0.2) is 0 Å². The Labute approximate surface area is 71.6 Å². The van der Waals surface area contributed by atoms with E-state index in [1.54, 1.807) is 0 Å². The molecule has 2 rings (SSSR count). The summed E-state index contributed by atoms with van der Waals surface area (Å²) in [6.45, 7) is -4.40. The molecule has 2 aliphatic rings. The molecule has 0 saturated carbocycles. The number of nitrogens with zero attached hydrogens (tertiary/aromatic N) is 1. The summed E-state index contributed by atoms with van der Waals surface area (Å²) in [6.07, 6.45) is -1.10. The van der Waals surface area contributed by atoms with Crippen LogP contribution < -0.4 is 0 Å². The van der Waals surface area contributed by atoms with E-state index in [9.17, 15) is 9.50 Å². The predicted octanol–water partition coefficient (Wildman–Crippen LogP) is 0.555. The molecule has 0 radical (unpaired) electrons. The fraction of sp³-hybridized carbons (Fsp3) is 1.00. The van der Waals surface area contributed by atoms with Gasteiger partial charge in [0.2, 0.25) is 0 Å². The van der Waals surface area contributed by atoms with Gasteiger partial charge >= 0.3 is 0 Å². The maximum Gasteiger partial charge on any atom is 0.115 e. The highest BCUT2D eigenvalue weighted by molar-refractivity contribution is 5.03. The minimum atomic E-state index is -2.56. The van der Waals surface area contributed by atoms with Gasteiger partial charge in [-0.3, -0.25) is 4.90 Å². The zero-order chi connectivity index (χ0) is 11.5. The third-order valence-corrected chi connectivity index (χ3v) is 2.51. The smallest absolute Gasteiger partial charge is 0.115 e. The van der Waals surface area contributed by atoms with E-state index in [0.717, 1.165) is 4.90 Å². The average molecular weight is 163 g/mol. The maximum atomic E-state index is 13.3. The first-order valence-electron chi connectivity index (χ1n) is 5.83. The third-order valence-electron chi connectivity index (χ3n) is 2.51. The van der Waals surface area contributed by atoms with Gasteiger partial charge in [0.05, 0.1) is 9.30 Å². The van der Waals surface area contributed by atoms with Crippen LogP contribution in [0.4, 0.5) is 4.39 Å². The van der Waals surface area contributed by atoms with Crippen LogP contribution in [0.3, 0.4) is 0 Å². The van der Waals surface area contributed by atoms with Gasteiger partial charge in [-0.15, -0.1) is 0 Å². The first-order chi connectivity index (χ1) is 6.69. The van der Waals surface area contributed by atoms with Crippen LogP contribution in [0, 0.1) is 0 Å². The molecule has 2 fully saturated rings. The highest BCUT2D eigenvalue weighted by Crippen LogP contribution is 2.39. The van der Waals surface area contributed by atoms with E-state index < -0.39 is 24.8 Å². The highest BCUT2D eigenvalue weighted by Gasteiger charge is 2.47. The summed E-state index contributed by atoms with van der Waals surface area (Å²) in [4.78, 5) is 1.16. The highest BCUT2D eigenvalue weighted by atomic mass is 19.1. The van der Waals surface area contributed by atoms with Crippen LogP contribution in [-0.2, 0) is 0 Å². The predicted molar refractivity (Wildman–Crippen MR) is 40.1 cm³/mol. The average Bonchev–Trinajstić information content (AvgIpc) is 2.49. The van der Waals surface area contributed by atoms with Crippen molar-refractivity contribution in [2.45, 2.75) is 31.0 Å². The fourth-order valence-electron chi connectivity index (χ4n) is 1.93. The maximum absolute atomic E-state index is 13.3. The van der Waals surface area contributed by atoms with E-state index in [-0.39, 0.29) is 25.8 Å². The second-order valence-corrected chi connectivity index (χ2v) is 3.21. The second kappa shape index (κ2) is 2.42. The van der Waals surface area contributed by atoms with Gasteiger partial charge < -0.3 is 5.11 Å². The third kappa shape index (κ3) is 0.983. The lowest BCUT2D eigenvalue weighted by Gasteiger charge is -2.28. The van der Waals surface area contributed by atoms with Crippen molar-refractivity contribution in [3.8, 4) is 0 Å². The van der Waals surface area contributed by atoms with Gasteiger partial charge in [0, 0.05) is 21.2 Å². The van der Waals surface area contributed by atoms with E-state index in [2.05, 4.69) is 0 Å². The van der Waals surface area contributed by atoms with Gasteiger partial charge in [-0.25, -0.2) is 4.39 Å². The molecule has 11 heavy (non-hydrogen) atoms. The number of halogens is 1. The number of alkyl halides is 1. The van der Waals surface area contributed by atoms with Crippen LogP contribution in [0.1, 0.15) is 24.7 Å². The fourth-order valence-corrected chi connectivity index (χ4v) is 1.93. The molecule has 2 atom stereocenters. The molecule has 0 aromatic carbocycles. The molecule has 0 aliphatic carbocycles. The Morgan fingerprint density at radius 2 is 2.73 bits per heavy atom. The minimum absolute atomic E-state index is 0.129. The summed E-state index contributed by atoms with van der Waals surface area (Å²) >= 11 is 0. The Kier molecular flexibility index (Phi) is 0.922. The standard InChI is InChI=1S/C8H14FNO/c9-7-4-8(6-11)2-1-3-10(8)5-7/h7,11H,1-6H2/t7-,8+/m1/s1/i3D2,6D2. The van der Waals surface area contributed by atoms with Gasteiger partial charge in [0.1, 0.15) is 6.17 Å². The molecule has 2 nitrogen and oxygen atoms in total. The molecule has 0 bridgehead atoms. The van der Waals surface area contributed by atoms with Crippen molar-refractivity contribution in [2.75, 3.05) is 19.6 Å². The Bertz CT molecular complexity index is 282. The van der Waals surface area contributed by atoms with Crippen LogP contribution in [0.2, 0.25) is 0 Å². The van der Waals surface area contributed by atoms with Crippen molar-refractivity contribution >= 4 is 0 Å². The quantitative estimate of drug-likeness (QED) is 0.610. The van der Waals surface area contributed by atoms with Crippen molar-refractivity contribution in [3.63, 3.8) is 0 Å². The molecular formula is C8H14FNO. The first-order valence-corrected chi connectivity index (χ1v) is 3.83. The molecule has 1 N–H and O–H groups in total. The lowest BCUT2D eigenvalue weighted by Crippen LogP contribution is -2.41. The normalized spacial score (nSPS) is 56.0. The molecule has 64 valence electrons. The van der Waals surface area contributed by atoms with E-state index in [4.69, 9.17) is 5.48 Å². The number of aliphatic hydroxyl groups is 1. The summed E-state index contributed by atoms with van der Waals surface area (Å²) < 4.78 is 43.3. The van der Waals surface area contributed by atoms with E-state index >= 15 is 0 Å². The number of fused-ring (bicyclic) bond motifs is 1. The molecule has 2 aliphatic heterocycles. The molecule has 3 heteroatoms. The van der Waals surface area contributed by atoms with E-state index in [1.165, 1.54) is 0 Å². The van der Waals surface area contributed by atoms with Crippen LogP contribution in [-0.4, -0.2) is 41.3 Å². The SMILES string of the molecule is [2H]C1([2H])CC[C@@]2(C([2H])([2H])O)C[C@@H](F)CN12. The van der Waals surface area contributed by atoms with Gasteiger partial charge in [0.25, 0.3) is 0 Å². The van der Waals surface area contributed by atoms with Crippen LogP contribution in [0.5, 0.6) is 0 Å². The van der Waals surface area contributed by atoms with Crippen LogP contribution in [0.25, 0.3) is 0 Å². The van der Waals surface area contributed by atoms with Crippen molar-refractivity contribution < 1.29 is 15.0 Å². The van der Waals surface area contributed by atoms with E-state index in [0.29, 0.717) is 0 Å². The molecule has 0 amide bonds. The van der Waals surface area contributed by atoms with Gasteiger partial charge in [-0.05, 0) is 19.3 Å². The molecule has 2 heterocycles. The Hall–Kier alpha value is -0.150. The number of hydrogen-bond acceptors (Lipinski definition) is 2.